The minimum Gasteiger partial charge on any atom is -0.507 e. The van der Waals surface area contributed by atoms with Gasteiger partial charge in [0.05, 0.1) is 18.0 Å². The van der Waals surface area contributed by atoms with Crippen LogP contribution in [0, 0.1) is 0 Å². The van der Waals surface area contributed by atoms with Crippen LogP contribution >= 0.6 is 0 Å². The van der Waals surface area contributed by atoms with Crippen molar-refractivity contribution in [2.24, 2.45) is 0 Å². The molecule has 0 fully saturated rings. The molecule has 1 amide bonds. The molecule has 0 aliphatic carbocycles. The first-order valence-corrected chi connectivity index (χ1v) is 7.56. The van der Waals surface area contributed by atoms with Gasteiger partial charge in [-0.25, -0.2) is 0 Å². The maximum absolute atomic E-state index is 12.4. The molecule has 3 rings (SSSR count). The van der Waals surface area contributed by atoms with E-state index in [4.69, 9.17) is 4.74 Å². The number of hydrogen-bond acceptors (Lipinski definition) is 4. The van der Waals surface area contributed by atoms with E-state index in [1.165, 1.54) is 0 Å². The van der Waals surface area contributed by atoms with Gasteiger partial charge in [-0.15, -0.1) is 0 Å². The molecule has 0 atom stereocenters. The number of benzene rings is 2. The van der Waals surface area contributed by atoms with Crippen LogP contribution in [0.15, 0.2) is 54.6 Å². The highest BCUT2D eigenvalue weighted by molar-refractivity contribution is 6.04. The van der Waals surface area contributed by atoms with Crippen LogP contribution < -0.4 is 10.1 Å². The number of ether oxygens (including phenoxy) is 1. The predicted octanol–water partition coefficient (Wildman–Crippen LogP) is 3.43. The third-order valence-corrected chi connectivity index (χ3v) is 3.44. The molecule has 0 aliphatic rings. The SMILES string of the molecule is CCOc1ccccc1NC(=O)c1cc(-c2ccccc2O)n[nH]1. The lowest BCUT2D eigenvalue weighted by atomic mass is 10.1. The molecular formula is C18H17N3O3. The van der Waals surface area contributed by atoms with Crippen LogP contribution in [0.1, 0.15) is 17.4 Å². The van der Waals surface area contributed by atoms with Gasteiger partial charge in [0.25, 0.3) is 5.91 Å². The normalized spacial score (nSPS) is 10.4. The Morgan fingerprint density at radius 3 is 2.75 bits per heavy atom. The first-order valence-electron chi connectivity index (χ1n) is 7.56. The predicted molar refractivity (Wildman–Crippen MR) is 91.3 cm³/mol. The van der Waals surface area contributed by atoms with Gasteiger partial charge in [-0.1, -0.05) is 24.3 Å². The van der Waals surface area contributed by atoms with E-state index in [0.717, 1.165) is 0 Å². The van der Waals surface area contributed by atoms with Crippen molar-refractivity contribution < 1.29 is 14.6 Å². The Labute approximate surface area is 139 Å². The number of nitrogens with one attached hydrogen (secondary N) is 2. The van der Waals surface area contributed by atoms with Gasteiger partial charge in [-0.05, 0) is 37.3 Å². The van der Waals surface area contributed by atoms with Crippen LogP contribution in [0.25, 0.3) is 11.3 Å². The maximum Gasteiger partial charge on any atom is 0.273 e. The highest BCUT2D eigenvalue weighted by Crippen LogP contribution is 2.28. The summed E-state index contributed by atoms with van der Waals surface area (Å²) in [6, 6.07) is 15.6. The minimum atomic E-state index is -0.337. The van der Waals surface area contributed by atoms with Crippen molar-refractivity contribution in [3.63, 3.8) is 0 Å². The topological polar surface area (TPSA) is 87.2 Å². The molecular weight excluding hydrogens is 306 g/mol. The fraction of sp³-hybridized carbons (Fsp3) is 0.111. The van der Waals surface area contributed by atoms with Gasteiger partial charge in [0.15, 0.2) is 0 Å². The van der Waals surface area contributed by atoms with Crippen LogP contribution in [0.4, 0.5) is 5.69 Å². The summed E-state index contributed by atoms with van der Waals surface area (Å²) >= 11 is 0. The highest BCUT2D eigenvalue weighted by atomic mass is 16.5. The number of hydrogen-bond donors (Lipinski definition) is 3. The van der Waals surface area contributed by atoms with E-state index in [2.05, 4.69) is 15.5 Å². The average molecular weight is 323 g/mol. The Kier molecular flexibility index (Phi) is 4.47. The molecule has 0 saturated heterocycles. The number of aromatic hydroxyl groups is 1. The summed E-state index contributed by atoms with van der Waals surface area (Å²) in [4.78, 5) is 12.4. The van der Waals surface area contributed by atoms with Crippen LogP contribution in [-0.2, 0) is 0 Å². The summed E-state index contributed by atoms with van der Waals surface area (Å²) in [5, 5.41) is 19.4. The summed E-state index contributed by atoms with van der Waals surface area (Å²) in [5.41, 5.74) is 1.93. The quantitative estimate of drug-likeness (QED) is 0.671. The average Bonchev–Trinajstić information content (AvgIpc) is 3.07. The molecule has 0 bridgehead atoms. The summed E-state index contributed by atoms with van der Waals surface area (Å²) in [6.07, 6.45) is 0. The second kappa shape index (κ2) is 6.87. The van der Waals surface area contributed by atoms with Gasteiger partial charge < -0.3 is 15.2 Å². The fourth-order valence-electron chi connectivity index (χ4n) is 2.31. The molecule has 0 radical (unpaired) electrons. The number of nitrogens with zero attached hydrogens (tertiary/aromatic N) is 1. The van der Waals surface area contributed by atoms with E-state index in [9.17, 15) is 9.90 Å². The molecule has 122 valence electrons. The van der Waals surface area contributed by atoms with Crippen molar-refractivity contribution in [3.8, 4) is 22.8 Å². The molecule has 6 nitrogen and oxygen atoms in total. The number of aromatic amines is 1. The first kappa shape index (κ1) is 15.6. The lowest BCUT2D eigenvalue weighted by Gasteiger charge is -2.10. The van der Waals surface area contributed by atoms with E-state index < -0.39 is 0 Å². The number of aromatic nitrogens is 2. The van der Waals surface area contributed by atoms with Crippen molar-refractivity contribution in [3.05, 3.63) is 60.3 Å². The molecule has 2 aromatic carbocycles. The number of carbonyl (C=O) groups excluding carboxylic acids is 1. The number of rotatable bonds is 5. The number of phenols is 1. The van der Waals surface area contributed by atoms with Gasteiger partial charge in [-0.2, -0.15) is 5.10 Å². The van der Waals surface area contributed by atoms with Crippen molar-refractivity contribution in [1.82, 2.24) is 10.2 Å². The lowest BCUT2D eigenvalue weighted by Crippen LogP contribution is -2.13. The van der Waals surface area contributed by atoms with Gasteiger partial charge >= 0.3 is 0 Å². The Morgan fingerprint density at radius 2 is 1.96 bits per heavy atom. The molecule has 0 unspecified atom stereocenters. The molecule has 1 heterocycles. The number of para-hydroxylation sites is 3. The van der Waals surface area contributed by atoms with E-state index >= 15 is 0 Å². The molecule has 1 aromatic heterocycles. The van der Waals surface area contributed by atoms with Crippen molar-refractivity contribution >= 4 is 11.6 Å². The third kappa shape index (κ3) is 3.22. The summed E-state index contributed by atoms with van der Waals surface area (Å²) < 4.78 is 5.49. The molecule has 3 aromatic rings. The number of amides is 1. The van der Waals surface area contributed by atoms with Gasteiger partial charge in [-0.3, -0.25) is 9.89 Å². The number of H-pyrrole nitrogens is 1. The van der Waals surface area contributed by atoms with E-state index in [1.54, 1.807) is 42.5 Å². The zero-order valence-corrected chi connectivity index (χ0v) is 13.1. The summed E-state index contributed by atoms with van der Waals surface area (Å²) in [6.45, 7) is 2.39. The summed E-state index contributed by atoms with van der Waals surface area (Å²) in [5.74, 6) is 0.378. The van der Waals surface area contributed by atoms with Crippen LogP contribution in [0.5, 0.6) is 11.5 Å². The molecule has 3 N–H and O–H groups in total. The van der Waals surface area contributed by atoms with E-state index in [1.807, 2.05) is 19.1 Å². The van der Waals surface area contributed by atoms with Crippen molar-refractivity contribution in [2.45, 2.75) is 6.92 Å². The molecule has 6 heteroatoms. The standard InChI is InChI=1S/C18H17N3O3/c1-2-24-17-10-6-4-8-13(17)19-18(23)15-11-14(20-21-15)12-7-3-5-9-16(12)22/h3-11,22H,2H2,1H3,(H,19,23)(H,20,21). The smallest absolute Gasteiger partial charge is 0.273 e. The fourth-order valence-corrected chi connectivity index (χ4v) is 2.31. The zero-order chi connectivity index (χ0) is 16.9. The van der Waals surface area contributed by atoms with Gasteiger partial charge in [0, 0.05) is 5.56 Å². The minimum absolute atomic E-state index is 0.109. The second-order valence-electron chi connectivity index (χ2n) is 5.07. The summed E-state index contributed by atoms with van der Waals surface area (Å²) in [7, 11) is 0. The van der Waals surface area contributed by atoms with Crippen LogP contribution in [0.3, 0.4) is 0 Å². The lowest BCUT2D eigenvalue weighted by molar-refractivity contribution is 0.102. The van der Waals surface area contributed by atoms with Gasteiger partial charge in [0.1, 0.15) is 17.2 Å². The van der Waals surface area contributed by atoms with Crippen LogP contribution in [-0.4, -0.2) is 27.8 Å². The third-order valence-electron chi connectivity index (χ3n) is 3.44. The first-order chi connectivity index (χ1) is 11.7. The van der Waals surface area contributed by atoms with Crippen molar-refractivity contribution in [1.29, 1.82) is 0 Å². The number of phenolic OH excluding ortho intramolecular Hbond substituents is 1. The largest absolute Gasteiger partial charge is 0.507 e. The van der Waals surface area contributed by atoms with Crippen LogP contribution in [0.2, 0.25) is 0 Å². The maximum atomic E-state index is 12.4. The van der Waals surface area contributed by atoms with E-state index in [-0.39, 0.29) is 11.7 Å². The molecule has 0 spiro atoms. The monoisotopic (exact) mass is 323 g/mol. The highest BCUT2D eigenvalue weighted by Gasteiger charge is 2.14. The second-order valence-corrected chi connectivity index (χ2v) is 5.07. The number of carbonyl (C=O) groups is 1. The zero-order valence-electron chi connectivity index (χ0n) is 13.1. The Balaban J connectivity index is 1.81. The van der Waals surface area contributed by atoms with E-state index in [0.29, 0.717) is 35.0 Å². The Morgan fingerprint density at radius 1 is 1.21 bits per heavy atom. The van der Waals surface area contributed by atoms with Gasteiger partial charge in [0.2, 0.25) is 0 Å². The Hall–Kier alpha value is -3.28. The van der Waals surface area contributed by atoms with Crippen molar-refractivity contribution in [2.75, 3.05) is 11.9 Å². The molecule has 24 heavy (non-hydrogen) atoms. The number of anilines is 1. The molecule has 0 saturated carbocycles. The molecule has 0 aliphatic heterocycles. The Bertz CT molecular complexity index is 858.